The van der Waals surface area contributed by atoms with Gasteiger partial charge in [-0.1, -0.05) is 129 Å². The first-order chi connectivity index (χ1) is 32.7. The number of nitrogens with one attached hydrogen (secondary N) is 7. The SMILES string of the molecule is C=CC[C@@H]1NC(=O)[C@H](NC(=O)[C@H](C)NC(=O)[C@H](NC(=O)OC(C)(C)C)[C@H](C)C=C)[C@H](C)/C=C\CC(C(=O)OC)NC(=O)C(CC(=O)NC(c2ccccc2)(c2ccccc2)c2ccccc2)NC1=O. The van der Waals surface area contributed by atoms with E-state index >= 15 is 0 Å². The smallest absolute Gasteiger partial charge is 0.408 e. The summed E-state index contributed by atoms with van der Waals surface area (Å²) in [6.07, 6.45) is 4.11. The maximum absolute atomic E-state index is 14.6. The molecule has 1 heterocycles. The second-order valence-electron chi connectivity index (χ2n) is 17.8. The summed E-state index contributed by atoms with van der Waals surface area (Å²) in [5, 5.41) is 18.8. The van der Waals surface area contributed by atoms with Gasteiger partial charge >= 0.3 is 12.1 Å². The molecular formula is C52H65N7O10. The average molecular weight is 948 g/mol. The van der Waals surface area contributed by atoms with Crippen LogP contribution in [0.5, 0.6) is 0 Å². The second-order valence-corrected chi connectivity index (χ2v) is 17.8. The van der Waals surface area contributed by atoms with Gasteiger partial charge < -0.3 is 46.7 Å². The molecule has 3 aromatic rings. The number of methoxy groups -OCH3 is 1. The molecule has 0 fully saturated rings. The second kappa shape index (κ2) is 25.0. The van der Waals surface area contributed by atoms with Gasteiger partial charge in [-0.05, 0) is 57.2 Å². The highest BCUT2D eigenvalue weighted by Gasteiger charge is 2.40. The predicted molar refractivity (Wildman–Crippen MR) is 260 cm³/mol. The number of hydrogen-bond acceptors (Lipinski definition) is 10. The van der Waals surface area contributed by atoms with Crippen molar-refractivity contribution in [2.24, 2.45) is 11.8 Å². The number of amides is 7. The van der Waals surface area contributed by atoms with Gasteiger partial charge in [0, 0.05) is 11.8 Å². The van der Waals surface area contributed by atoms with Crippen LogP contribution in [0, 0.1) is 11.8 Å². The number of benzene rings is 3. The number of ether oxygens (including phenoxy) is 2. The van der Waals surface area contributed by atoms with Crippen LogP contribution in [-0.4, -0.2) is 96.5 Å². The van der Waals surface area contributed by atoms with Crippen molar-refractivity contribution in [3.05, 3.63) is 145 Å². The van der Waals surface area contributed by atoms with Gasteiger partial charge in [-0.3, -0.25) is 28.8 Å². The molecule has 0 saturated carbocycles. The van der Waals surface area contributed by atoms with Crippen LogP contribution in [0.15, 0.2) is 128 Å². The predicted octanol–water partition coefficient (Wildman–Crippen LogP) is 3.99. The maximum Gasteiger partial charge on any atom is 0.408 e. The summed E-state index contributed by atoms with van der Waals surface area (Å²) in [7, 11) is 1.14. The fourth-order valence-corrected chi connectivity index (χ4v) is 7.63. The highest BCUT2D eigenvalue weighted by molar-refractivity contribution is 5.98. The fourth-order valence-electron chi connectivity index (χ4n) is 7.63. The molecule has 17 nitrogen and oxygen atoms in total. The molecule has 4 rings (SSSR count). The zero-order valence-corrected chi connectivity index (χ0v) is 40.2. The number of esters is 1. The van der Waals surface area contributed by atoms with Crippen LogP contribution >= 0.6 is 0 Å². The van der Waals surface area contributed by atoms with E-state index in [1.807, 2.05) is 91.0 Å². The monoisotopic (exact) mass is 947 g/mol. The van der Waals surface area contributed by atoms with Gasteiger partial charge in [0.05, 0.1) is 13.5 Å². The number of carbonyl (C=O) groups is 8. The molecule has 2 unspecified atom stereocenters. The molecule has 368 valence electrons. The Hall–Kier alpha value is -7.56. The molecule has 0 aromatic heterocycles. The first-order valence-corrected chi connectivity index (χ1v) is 22.7. The van der Waals surface area contributed by atoms with Crippen LogP contribution in [0.2, 0.25) is 0 Å². The molecule has 17 heteroatoms. The average Bonchev–Trinajstić information content (AvgIpc) is 3.32. The van der Waals surface area contributed by atoms with Crippen molar-refractivity contribution < 1.29 is 47.8 Å². The largest absolute Gasteiger partial charge is 0.467 e. The first-order valence-electron chi connectivity index (χ1n) is 22.7. The van der Waals surface area contributed by atoms with Crippen molar-refractivity contribution in [3.63, 3.8) is 0 Å². The third kappa shape index (κ3) is 15.0. The quantitative estimate of drug-likeness (QED) is 0.0619. The van der Waals surface area contributed by atoms with Crippen molar-refractivity contribution >= 4 is 47.5 Å². The lowest BCUT2D eigenvalue weighted by Gasteiger charge is -2.37. The van der Waals surface area contributed by atoms with Crippen LogP contribution < -0.4 is 37.2 Å². The fraction of sp³-hybridized carbons (Fsp3) is 0.385. The van der Waals surface area contributed by atoms with Gasteiger partial charge in [-0.2, -0.15) is 0 Å². The Morgan fingerprint density at radius 2 is 1.28 bits per heavy atom. The minimum Gasteiger partial charge on any atom is -0.467 e. The Bertz CT molecular complexity index is 2240. The molecule has 7 amide bonds. The first kappa shape index (κ1) is 54.0. The highest BCUT2D eigenvalue weighted by atomic mass is 16.6. The van der Waals surface area contributed by atoms with E-state index in [1.165, 1.54) is 31.2 Å². The molecule has 1 aliphatic rings. The third-order valence-electron chi connectivity index (χ3n) is 11.3. The Morgan fingerprint density at radius 3 is 1.77 bits per heavy atom. The van der Waals surface area contributed by atoms with E-state index in [2.05, 4.69) is 50.4 Å². The van der Waals surface area contributed by atoms with E-state index in [9.17, 15) is 38.4 Å². The molecule has 0 radical (unpaired) electrons. The zero-order chi connectivity index (χ0) is 50.9. The summed E-state index contributed by atoms with van der Waals surface area (Å²) in [6.45, 7) is 17.1. The van der Waals surface area contributed by atoms with Crippen LogP contribution in [0.1, 0.15) is 77.5 Å². The summed E-state index contributed by atoms with van der Waals surface area (Å²) < 4.78 is 10.3. The Morgan fingerprint density at radius 1 is 0.754 bits per heavy atom. The minimum absolute atomic E-state index is 0.146. The van der Waals surface area contributed by atoms with E-state index in [4.69, 9.17) is 9.47 Å². The minimum atomic E-state index is -1.60. The topological polar surface area (TPSA) is 239 Å². The molecule has 3 aromatic carbocycles. The van der Waals surface area contributed by atoms with Crippen LogP contribution in [0.4, 0.5) is 4.79 Å². The number of carbonyl (C=O) groups excluding carboxylic acids is 8. The van der Waals surface area contributed by atoms with Crippen molar-refractivity contribution in [1.82, 2.24) is 37.2 Å². The highest BCUT2D eigenvalue weighted by Crippen LogP contribution is 2.37. The van der Waals surface area contributed by atoms with Crippen LogP contribution in [-0.2, 0) is 48.6 Å². The van der Waals surface area contributed by atoms with Crippen molar-refractivity contribution in [3.8, 4) is 0 Å². The lowest BCUT2D eigenvalue weighted by atomic mass is 9.77. The molecule has 7 N–H and O–H groups in total. The summed E-state index contributed by atoms with van der Waals surface area (Å²) in [5.41, 5.74) is -0.0174. The van der Waals surface area contributed by atoms with Crippen molar-refractivity contribution in [2.45, 2.75) is 108 Å². The maximum atomic E-state index is 14.6. The normalized spacial score (nSPS) is 20.8. The van der Waals surface area contributed by atoms with Crippen molar-refractivity contribution in [2.75, 3.05) is 7.11 Å². The van der Waals surface area contributed by atoms with Crippen LogP contribution in [0.25, 0.3) is 0 Å². The van der Waals surface area contributed by atoms with Crippen molar-refractivity contribution in [1.29, 1.82) is 0 Å². The zero-order valence-electron chi connectivity index (χ0n) is 40.2. The van der Waals surface area contributed by atoms with Gasteiger partial charge in [-0.25, -0.2) is 9.59 Å². The Balaban J connectivity index is 1.66. The van der Waals surface area contributed by atoms with Gasteiger partial charge in [0.1, 0.15) is 47.4 Å². The Labute approximate surface area is 403 Å². The van der Waals surface area contributed by atoms with Gasteiger partial charge in [-0.15, -0.1) is 13.2 Å². The molecule has 1 aliphatic heterocycles. The summed E-state index contributed by atoms with van der Waals surface area (Å²) >= 11 is 0. The van der Waals surface area contributed by atoms with E-state index in [0.29, 0.717) is 16.7 Å². The lowest BCUT2D eigenvalue weighted by molar-refractivity contribution is -0.145. The standard InChI is InChI=1S/C52H65N7O10/c1-10-22-38-45(62)56-40(31-41(60)59-52(35-24-15-12-16-25-35,36-26-17-13-18-27-36)37-28-19-14-20-29-37)46(63)55-39(49(66)68-9)30-21-23-33(4)43(48(65)54-38)57-44(61)34(5)53-47(64)42(32(3)11-2)58-50(67)69-51(6,7)8/h10-21,23-29,32-34,38-40,42-43H,1-2,22,30-31H2,3-9H3,(H,53,64)(H,54,65)(H,55,63)(H,56,62)(H,57,61)(H,58,67)(H,59,60)/b23-21-/t32-,33-,34+,38+,39?,40?,42-,43-/m1/s1. The van der Waals surface area contributed by atoms with E-state index in [1.54, 1.807) is 34.6 Å². The lowest BCUT2D eigenvalue weighted by Crippen LogP contribution is -2.61. The number of hydrogen-bond donors (Lipinski definition) is 7. The van der Waals surface area contributed by atoms with Gasteiger partial charge in [0.15, 0.2) is 0 Å². The molecule has 0 saturated heterocycles. The molecular weight excluding hydrogens is 883 g/mol. The van der Waals surface area contributed by atoms with Gasteiger partial charge in [0.25, 0.3) is 0 Å². The van der Waals surface area contributed by atoms with Gasteiger partial charge in [0.2, 0.25) is 35.4 Å². The van der Waals surface area contributed by atoms with E-state index in [-0.39, 0.29) is 12.8 Å². The Kier molecular flexibility index (Phi) is 19.6. The molecule has 0 bridgehead atoms. The van der Waals surface area contributed by atoms with E-state index in [0.717, 1.165) is 7.11 Å². The van der Waals surface area contributed by atoms with E-state index < -0.39 is 113 Å². The molecule has 0 spiro atoms. The molecule has 8 atom stereocenters. The number of alkyl carbamates (subject to hydrolysis) is 1. The summed E-state index contributed by atoms with van der Waals surface area (Å²) in [5.74, 6) is -6.98. The summed E-state index contributed by atoms with van der Waals surface area (Å²) in [4.78, 5) is 110. The summed E-state index contributed by atoms with van der Waals surface area (Å²) in [6, 6.07) is 19.7. The third-order valence-corrected chi connectivity index (χ3v) is 11.3. The van der Waals surface area contributed by atoms with Crippen LogP contribution in [0.3, 0.4) is 0 Å². The molecule has 69 heavy (non-hydrogen) atoms. The molecule has 0 aliphatic carbocycles. The number of rotatable bonds is 16.